The molecule has 0 heterocycles. The summed E-state index contributed by atoms with van der Waals surface area (Å²) < 4.78 is 32.4. The topological polar surface area (TPSA) is 138 Å². The predicted octanol–water partition coefficient (Wildman–Crippen LogP) is 1.39. The largest absolute Gasteiger partial charge is 0.505 e. The first kappa shape index (κ1) is 15.1. The third-order valence-electron chi connectivity index (χ3n) is 3.13. The molecular formula is C13H13NO6S. The summed E-state index contributed by atoms with van der Waals surface area (Å²) in [7, 11) is -4.70. The lowest BCUT2D eigenvalue weighted by molar-refractivity contribution is -0.136. The van der Waals surface area contributed by atoms with E-state index in [9.17, 15) is 22.9 Å². The molecule has 0 aliphatic rings. The number of hydrogen-bond donors (Lipinski definition) is 4. The molecular weight excluding hydrogens is 298 g/mol. The van der Waals surface area contributed by atoms with Gasteiger partial charge in [0.05, 0.1) is 5.69 Å². The molecule has 0 bridgehead atoms. The molecule has 0 saturated heterocycles. The molecule has 0 fully saturated rings. The van der Waals surface area contributed by atoms with Crippen LogP contribution < -0.4 is 5.73 Å². The van der Waals surface area contributed by atoms with Gasteiger partial charge in [0.2, 0.25) is 0 Å². The maximum absolute atomic E-state index is 11.5. The standard InChI is InChI=1S/C13H13NO6S/c14-11-12(17)8-4-2-1-3-7(8)9(5-6-10(15)16)13(11)21(18,19)20/h1-4,17H,5-6,14H2,(H,15,16)(H,18,19,20). The van der Waals surface area contributed by atoms with Crippen molar-refractivity contribution >= 4 is 32.5 Å². The fourth-order valence-electron chi connectivity index (χ4n) is 2.27. The lowest BCUT2D eigenvalue weighted by Crippen LogP contribution is -2.10. The van der Waals surface area contributed by atoms with Crippen LogP contribution >= 0.6 is 0 Å². The van der Waals surface area contributed by atoms with E-state index >= 15 is 0 Å². The van der Waals surface area contributed by atoms with E-state index in [1.807, 2.05) is 0 Å². The van der Waals surface area contributed by atoms with Crippen LogP contribution in [0.3, 0.4) is 0 Å². The number of phenolic OH excluding ortho intramolecular Hbond substituents is 1. The number of hydrogen-bond acceptors (Lipinski definition) is 5. The Bertz CT molecular complexity index is 828. The zero-order valence-electron chi connectivity index (χ0n) is 10.8. The second-order valence-electron chi connectivity index (χ2n) is 4.48. The fourth-order valence-corrected chi connectivity index (χ4v) is 3.16. The van der Waals surface area contributed by atoms with Crippen LogP contribution in [-0.4, -0.2) is 29.2 Å². The van der Waals surface area contributed by atoms with Gasteiger partial charge in [-0.25, -0.2) is 0 Å². The molecule has 2 rings (SSSR count). The van der Waals surface area contributed by atoms with E-state index in [1.54, 1.807) is 12.1 Å². The van der Waals surface area contributed by atoms with E-state index in [0.29, 0.717) is 10.8 Å². The van der Waals surface area contributed by atoms with Crippen molar-refractivity contribution in [2.45, 2.75) is 17.7 Å². The monoisotopic (exact) mass is 311 g/mol. The summed E-state index contributed by atoms with van der Waals surface area (Å²) in [4.78, 5) is 10.1. The summed E-state index contributed by atoms with van der Waals surface area (Å²) in [6.45, 7) is 0. The number of carbonyl (C=O) groups is 1. The van der Waals surface area contributed by atoms with Gasteiger partial charge in [0.15, 0.2) is 0 Å². The van der Waals surface area contributed by atoms with Crippen LogP contribution in [-0.2, 0) is 21.3 Å². The average molecular weight is 311 g/mol. The van der Waals surface area contributed by atoms with E-state index in [4.69, 9.17) is 10.8 Å². The zero-order valence-corrected chi connectivity index (χ0v) is 11.6. The number of rotatable bonds is 4. The minimum atomic E-state index is -4.70. The highest BCUT2D eigenvalue weighted by molar-refractivity contribution is 7.86. The predicted molar refractivity (Wildman–Crippen MR) is 75.8 cm³/mol. The molecule has 5 N–H and O–H groups in total. The number of nitrogens with two attached hydrogens (primary N) is 1. The van der Waals surface area contributed by atoms with Gasteiger partial charge in [0.25, 0.3) is 10.1 Å². The molecule has 0 spiro atoms. The molecule has 0 aromatic heterocycles. The number of phenols is 1. The van der Waals surface area contributed by atoms with Crippen molar-refractivity contribution in [2.24, 2.45) is 0 Å². The minimum Gasteiger partial charge on any atom is -0.505 e. The van der Waals surface area contributed by atoms with Crippen molar-refractivity contribution in [3.63, 3.8) is 0 Å². The van der Waals surface area contributed by atoms with Crippen LogP contribution in [0.4, 0.5) is 5.69 Å². The molecule has 0 unspecified atom stereocenters. The van der Waals surface area contributed by atoms with Crippen LogP contribution in [0.15, 0.2) is 29.2 Å². The molecule has 0 radical (unpaired) electrons. The van der Waals surface area contributed by atoms with Gasteiger partial charge in [0.1, 0.15) is 10.6 Å². The Balaban J connectivity index is 2.88. The van der Waals surface area contributed by atoms with E-state index in [-0.39, 0.29) is 18.4 Å². The van der Waals surface area contributed by atoms with Gasteiger partial charge in [-0.05, 0) is 17.4 Å². The molecule has 112 valence electrons. The first-order valence-electron chi connectivity index (χ1n) is 5.94. The molecule has 7 nitrogen and oxygen atoms in total. The second kappa shape index (κ2) is 5.23. The maximum atomic E-state index is 11.5. The highest BCUT2D eigenvalue weighted by Gasteiger charge is 2.25. The Morgan fingerprint density at radius 3 is 2.29 bits per heavy atom. The Morgan fingerprint density at radius 1 is 1.19 bits per heavy atom. The maximum Gasteiger partial charge on any atom is 0.303 e. The van der Waals surface area contributed by atoms with Gasteiger partial charge >= 0.3 is 5.97 Å². The van der Waals surface area contributed by atoms with E-state index in [2.05, 4.69) is 0 Å². The fraction of sp³-hybridized carbons (Fsp3) is 0.154. The number of aromatic hydroxyl groups is 1. The average Bonchev–Trinajstić information content (AvgIpc) is 2.39. The van der Waals surface area contributed by atoms with E-state index in [0.717, 1.165) is 0 Å². The number of aliphatic carboxylic acids is 1. The number of aryl methyl sites for hydroxylation is 1. The molecule has 21 heavy (non-hydrogen) atoms. The van der Waals surface area contributed by atoms with Gasteiger partial charge in [-0.15, -0.1) is 0 Å². The van der Waals surface area contributed by atoms with Gasteiger partial charge < -0.3 is 15.9 Å². The smallest absolute Gasteiger partial charge is 0.303 e. The second-order valence-corrected chi connectivity index (χ2v) is 5.84. The first-order valence-corrected chi connectivity index (χ1v) is 7.38. The van der Waals surface area contributed by atoms with Crippen LogP contribution in [0.5, 0.6) is 5.75 Å². The Morgan fingerprint density at radius 2 is 1.76 bits per heavy atom. The quantitative estimate of drug-likeness (QED) is 0.380. The van der Waals surface area contributed by atoms with Crippen molar-refractivity contribution in [3.8, 4) is 5.75 Å². The first-order chi connectivity index (χ1) is 9.73. The van der Waals surface area contributed by atoms with Crippen LogP contribution in [0, 0.1) is 0 Å². The lowest BCUT2D eigenvalue weighted by atomic mass is 9.98. The van der Waals surface area contributed by atoms with Gasteiger partial charge in [-0.1, -0.05) is 24.3 Å². The number of carboxylic acid groups (broad SMARTS) is 1. The number of carboxylic acids is 1. The van der Waals surface area contributed by atoms with E-state index in [1.165, 1.54) is 12.1 Å². The summed E-state index contributed by atoms with van der Waals surface area (Å²) >= 11 is 0. The minimum absolute atomic E-state index is 0.0748. The van der Waals surface area contributed by atoms with E-state index < -0.39 is 32.4 Å². The summed E-state index contributed by atoms with van der Waals surface area (Å²) in [6.07, 6.45) is -0.480. The molecule has 2 aromatic rings. The SMILES string of the molecule is Nc1c(S(=O)(=O)O)c(CCC(=O)O)c2ccccc2c1O. The lowest BCUT2D eigenvalue weighted by Gasteiger charge is -2.15. The van der Waals surface area contributed by atoms with Crippen molar-refractivity contribution in [1.29, 1.82) is 0 Å². The summed E-state index contributed by atoms with van der Waals surface area (Å²) in [5, 5.41) is 19.4. The molecule has 0 aliphatic carbocycles. The molecule has 0 atom stereocenters. The van der Waals surface area contributed by atoms with Gasteiger partial charge in [0, 0.05) is 11.8 Å². The summed E-state index contributed by atoms with van der Waals surface area (Å²) in [5.74, 6) is -1.58. The summed E-state index contributed by atoms with van der Waals surface area (Å²) in [6, 6.07) is 6.28. The van der Waals surface area contributed by atoms with Crippen LogP contribution in [0.1, 0.15) is 12.0 Å². The van der Waals surface area contributed by atoms with Crippen molar-refractivity contribution in [1.82, 2.24) is 0 Å². The molecule has 0 aliphatic heterocycles. The van der Waals surface area contributed by atoms with Crippen molar-refractivity contribution in [3.05, 3.63) is 29.8 Å². The number of benzene rings is 2. The Hall–Kier alpha value is -2.32. The Kier molecular flexibility index (Phi) is 3.75. The van der Waals surface area contributed by atoms with Gasteiger partial charge in [-0.3, -0.25) is 9.35 Å². The number of anilines is 1. The van der Waals surface area contributed by atoms with Crippen LogP contribution in [0.2, 0.25) is 0 Å². The molecule has 8 heteroatoms. The number of nitrogen functional groups attached to an aromatic ring is 1. The van der Waals surface area contributed by atoms with Crippen molar-refractivity contribution in [2.75, 3.05) is 5.73 Å². The third-order valence-corrected chi connectivity index (χ3v) is 4.11. The highest BCUT2D eigenvalue weighted by atomic mass is 32.2. The molecule has 0 saturated carbocycles. The number of fused-ring (bicyclic) bond motifs is 1. The zero-order chi connectivity index (χ0) is 15.8. The Labute approximate surface area is 120 Å². The van der Waals surface area contributed by atoms with Crippen molar-refractivity contribution < 1.29 is 28.0 Å². The van der Waals surface area contributed by atoms with Gasteiger partial charge in [-0.2, -0.15) is 8.42 Å². The molecule has 0 amide bonds. The van der Waals surface area contributed by atoms with Crippen LogP contribution in [0.25, 0.3) is 10.8 Å². The highest BCUT2D eigenvalue weighted by Crippen LogP contribution is 2.40. The normalized spacial score (nSPS) is 11.7. The third kappa shape index (κ3) is 2.76. The summed E-state index contributed by atoms with van der Waals surface area (Å²) in [5.41, 5.74) is 5.19. The molecule has 2 aromatic carbocycles.